The molecule has 4 fully saturated rings. The first kappa shape index (κ1) is 34.6. The minimum atomic E-state index is -0.365. The molecule has 5 heterocycles. The maximum atomic E-state index is 12.6. The molecule has 0 aromatic heterocycles. The number of cyclic esters (lactones) is 1. The second-order valence-corrected chi connectivity index (χ2v) is 17.9. The van der Waals surface area contributed by atoms with Crippen molar-refractivity contribution in [2.45, 2.75) is 122 Å². The van der Waals surface area contributed by atoms with Gasteiger partial charge in [-0.05, 0) is 93.2 Å². The van der Waals surface area contributed by atoms with Crippen LogP contribution in [0.1, 0.15) is 96.1 Å². The van der Waals surface area contributed by atoms with Crippen LogP contribution in [0.25, 0.3) is 0 Å². The van der Waals surface area contributed by atoms with Crippen LogP contribution in [0, 0.1) is 29.6 Å². The summed E-state index contributed by atoms with van der Waals surface area (Å²) in [5.41, 5.74) is 3.37. The minimum Gasteiger partial charge on any atom is -0.492 e. The molecular weight excluding hydrogens is 639 g/mol. The molecule has 1 saturated carbocycles. The maximum absolute atomic E-state index is 12.6. The summed E-state index contributed by atoms with van der Waals surface area (Å²) in [5, 5.41) is 12.3. The number of rotatable bonds is 7. The third-order valence-corrected chi connectivity index (χ3v) is 14.9. The standard InChI is InChI=1S/C40H55NO5S2/c1-5-6-7-10-26-11-8-12-27(17-26)18-28-19-32-34(42)21-29-13-9-14-30(29)22-47-48-23-31-15-16-35-36(33(20-28)41(31)32)24(2)38(45-35)39-37(44-4)25(3)40(43)46-39/h8,11-12,16-17,24,28-34,36,42H,5-7,9-10,13-15,18-23H2,1-4H3/t24-,28-,29+,30-,31-,32+,33-,34-,36-/m0/s1. The van der Waals surface area contributed by atoms with E-state index in [1.165, 1.54) is 55.4 Å². The molecule has 9 atom stereocenters. The lowest BCUT2D eigenvalue weighted by Gasteiger charge is -2.52. The molecular formula is C40H55NO5S2. The number of benzene rings is 1. The Morgan fingerprint density at radius 3 is 2.65 bits per heavy atom. The number of ether oxygens (including phenoxy) is 3. The van der Waals surface area contributed by atoms with Crippen molar-refractivity contribution in [2.24, 2.45) is 29.6 Å². The Bertz CT molecular complexity index is 1440. The van der Waals surface area contributed by atoms with Gasteiger partial charge in [-0.25, -0.2) is 4.79 Å². The first-order valence-electron chi connectivity index (χ1n) is 18.7. The van der Waals surface area contributed by atoms with E-state index in [0.717, 1.165) is 56.0 Å². The average Bonchev–Trinajstić information content (AvgIpc) is 3.70. The van der Waals surface area contributed by atoms with Crippen LogP contribution in [-0.2, 0) is 31.8 Å². The largest absolute Gasteiger partial charge is 0.492 e. The molecule has 1 N–H and O–H groups in total. The smallest absolute Gasteiger partial charge is 0.343 e. The highest BCUT2D eigenvalue weighted by Crippen LogP contribution is 2.53. The molecule has 0 amide bonds. The summed E-state index contributed by atoms with van der Waals surface area (Å²) >= 11 is 0. The van der Waals surface area contributed by atoms with Crippen LogP contribution in [0.15, 0.2) is 59.0 Å². The van der Waals surface area contributed by atoms with Crippen molar-refractivity contribution in [3.63, 3.8) is 0 Å². The van der Waals surface area contributed by atoms with Gasteiger partial charge in [-0.3, -0.25) is 4.90 Å². The number of carbonyl (C=O) groups excluding carboxylic acids is 1. The lowest BCUT2D eigenvalue weighted by Crippen LogP contribution is -2.60. The molecule has 6 nitrogen and oxygen atoms in total. The van der Waals surface area contributed by atoms with Crippen LogP contribution >= 0.6 is 21.6 Å². The minimum absolute atomic E-state index is 0.0108. The Kier molecular flexibility index (Phi) is 10.9. The molecule has 0 radical (unpaired) electrons. The summed E-state index contributed by atoms with van der Waals surface area (Å²) in [6, 6.07) is 10.0. The van der Waals surface area contributed by atoms with E-state index in [9.17, 15) is 9.90 Å². The molecule has 0 bridgehead atoms. The fourth-order valence-electron chi connectivity index (χ4n) is 9.93. The van der Waals surface area contributed by atoms with E-state index in [1.807, 2.05) is 10.8 Å². The molecule has 5 aliphatic heterocycles. The Morgan fingerprint density at radius 1 is 1.02 bits per heavy atom. The first-order valence-corrected chi connectivity index (χ1v) is 21.2. The summed E-state index contributed by atoms with van der Waals surface area (Å²) < 4.78 is 18.2. The van der Waals surface area contributed by atoms with E-state index in [1.54, 1.807) is 14.0 Å². The number of fused-ring (bicyclic) bond motifs is 3. The molecule has 8 heteroatoms. The summed E-state index contributed by atoms with van der Waals surface area (Å²) in [4.78, 5) is 15.4. The lowest BCUT2D eigenvalue weighted by atomic mass is 9.72. The number of unbranched alkanes of at least 4 members (excludes halogenated alkanes) is 2. The van der Waals surface area contributed by atoms with Crippen molar-refractivity contribution in [1.29, 1.82) is 0 Å². The SMILES string of the molecule is CCCCCc1cccc(C[C@H]2C[C@@H]3[C@@H](O)C[C@H]4CCC[C@H]4CSSC[C@@H]4CC=C5OC(=C6OC(=O)C(C)=C6OC)[C@@H](C)[C@H]5[C@H](C2)N43)c1. The zero-order valence-corrected chi connectivity index (χ0v) is 31.0. The number of esters is 1. The molecule has 7 rings (SSSR count). The van der Waals surface area contributed by atoms with Crippen LogP contribution in [0.2, 0.25) is 0 Å². The number of methoxy groups -OCH3 is 1. The van der Waals surface area contributed by atoms with Crippen molar-refractivity contribution in [3.8, 4) is 0 Å². The quantitative estimate of drug-likeness (QED) is 0.173. The predicted octanol–water partition coefficient (Wildman–Crippen LogP) is 8.60. The third kappa shape index (κ3) is 6.89. The van der Waals surface area contributed by atoms with Crippen molar-refractivity contribution in [3.05, 3.63) is 70.1 Å². The second-order valence-electron chi connectivity index (χ2n) is 15.4. The highest BCUT2D eigenvalue weighted by molar-refractivity contribution is 8.76. The fourth-order valence-corrected chi connectivity index (χ4v) is 12.8. The van der Waals surface area contributed by atoms with E-state index in [0.29, 0.717) is 40.7 Å². The number of nitrogens with zero attached hydrogens (tertiary/aromatic N) is 1. The summed E-state index contributed by atoms with van der Waals surface area (Å²) in [6.07, 6.45) is 15.7. The van der Waals surface area contributed by atoms with E-state index in [2.05, 4.69) is 59.9 Å². The van der Waals surface area contributed by atoms with Crippen molar-refractivity contribution >= 4 is 27.6 Å². The van der Waals surface area contributed by atoms with E-state index in [4.69, 9.17) is 14.2 Å². The number of carbonyl (C=O) groups is 1. The Labute approximate surface area is 295 Å². The molecule has 1 aliphatic carbocycles. The van der Waals surface area contributed by atoms with Gasteiger partial charge in [-0.1, -0.05) is 85.4 Å². The molecule has 262 valence electrons. The topological polar surface area (TPSA) is 68.2 Å². The van der Waals surface area contributed by atoms with Gasteiger partial charge in [-0.15, -0.1) is 0 Å². The van der Waals surface area contributed by atoms with E-state index >= 15 is 0 Å². The lowest BCUT2D eigenvalue weighted by molar-refractivity contribution is -0.133. The summed E-state index contributed by atoms with van der Waals surface area (Å²) in [5.74, 6) is 6.48. The van der Waals surface area contributed by atoms with E-state index in [-0.39, 0.29) is 36.0 Å². The summed E-state index contributed by atoms with van der Waals surface area (Å²) in [6.45, 7) is 6.26. The Morgan fingerprint density at radius 2 is 1.81 bits per heavy atom. The molecule has 3 saturated heterocycles. The Hall–Kier alpha value is -1.87. The predicted molar refractivity (Wildman–Crippen MR) is 195 cm³/mol. The van der Waals surface area contributed by atoms with Crippen LogP contribution < -0.4 is 0 Å². The fraction of sp³-hybridized carbons (Fsp3) is 0.675. The van der Waals surface area contributed by atoms with Crippen LogP contribution in [-0.4, -0.2) is 58.8 Å². The molecule has 1 aromatic rings. The van der Waals surface area contributed by atoms with Gasteiger partial charge in [0.1, 0.15) is 5.76 Å². The van der Waals surface area contributed by atoms with Gasteiger partial charge in [0, 0.05) is 41.5 Å². The van der Waals surface area contributed by atoms with Crippen LogP contribution in [0.4, 0.5) is 0 Å². The highest BCUT2D eigenvalue weighted by Gasteiger charge is 2.53. The van der Waals surface area contributed by atoms with Crippen molar-refractivity contribution in [1.82, 2.24) is 4.90 Å². The highest BCUT2D eigenvalue weighted by atomic mass is 33.1. The number of aryl methyl sites for hydroxylation is 1. The van der Waals surface area contributed by atoms with Crippen molar-refractivity contribution in [2.75, 3.05) is 18.6 Å². The average molecular weight is 694 g/mol. The normalized spacial score (nSPS) is 37.1. The van der Waals surface area contributed by atoms with Gasteiger partial charge in [-0.2, -0.15) is 0 Å². The number of hydrogen-bond acceptors (Lipinski definition) is 8. The first-order chi connectivity index (χ1) is 23.4. The van der Waals surface area contributed by atoms with E-state index < -0.39 is 0 Å². The molecule has 0 unspecified atom stereocenters. The van der Waals surface area contributed by atoms with Gasteiger partial charge < -0.3 is 19.3 Å². The maximum Gasteiger partial charge on any atom is 0.343 e. The van der Waals surface area contributed by atoms with Gasteiger partial charge >= 0.3 is 5.97 Å². The van der Waals surface area contributed by atoms with Gasteiger partial charge in [0.15, 0.2) is 11.5 Å². The summed E-state index contributed by atoms with van der Waals surface area (Å²) in [7, 11) is 5.70. The van der Waals surface area contributed by atoms with Gasteiger partial charge in [0.2, 0.25) is 5.76 Å². The number of piperidine rings is 1. The zero-order valence-electron chi connectivity index (χ0n) is 29.3. The number of aliphatic hydroxyl groups excluding tert-OH is 1. The van der Waals surface area contributed by atoms with Gasteiger partial charge in [0.25, 0.3) is 0 Å². The number of allylic oxidation sites excluding steroid dienone is 1. The van der Waals surface area contributed by atoms with Crippen LogP contribution in [0.3, 0.4) is 0 Å². The van der Waals surface area contributed by atoms with Gasteiger partial charge in [0.05, 0.1) is 18.8 Å². The molecule has 6 aliphatic rings. The number of aliphatic hydroxyl groups is 1. The van der Waals surface area contributed by atoms with Crippen LogP contribution in [0.5, 0.6) is 0 Å². The van der Waals surface area contributed by atoms with Crippen molar-refractivity contribution < 1.29 is 24.1 Å². The monoisotopic (exact) mass is 693 g/mol. The molecule has 0 spiro atoms. The Balaban J connectivity index is 1.24. The third-order valence-electron chi connectivity index (χ3n) is 12.3. The molecule has 48 heavy (non-hydrogen) atoms. The second kappa shape index (κ2) is 15.2. The molecule has 1 aromatic carbocycles. The number of hydrogen-bond donors (Lipinski definition) is 1. The zero-order chi connectivity index (χ0) is 33.4.